The molecule has 0 atom stereocenters. The standard InChI is InChI=1S/C73H41N5/c1-3-19-46(20-4-1)75-60-31-13-11-25-51(60)56-37-44(33-35-62(56)75)50-27-15-28-53-54-29-16-30-55-66-64(77(69(50)53)70(54)55)41-74-73-68(66)67-49-24-10-8-18-43(49)39-59-58-38-42-17-7-9-23-48(42)65(71(58)78(73)72(59)67)45-34-36-63-57(40-45)52-26-12-14-32-61(52)76(63)47-21-5-2-6-22-47/h1-41H. The summed E-state index contributed by atoms with van der Waals surface area (Å²) in [6.07, 6.45) is 2.18. The molecule has 7 heterocycles. The number of nitrogens with zero attached hydrogens (tertiary/aromatic N) is 5. The van der Waals surface area contributed by atoms with Crippen LogP contribution < -0.4 is 0 Å². The fraction of sp³-hybridized carbons (Fsp3) is 0. The highest BCUT2D eigenvalue weighted by molar-refractivity contribution is 6.40. The van der Waals surface area contributed by atoms with Gasteiger partial charge in [0.25, 0.3) is 0 Å². The molecule has 0 N–H and O–H groups in total. The summed E-state index contributed by atoms with van der Waals surface area (Å²) < 4.78 is 9.89. The fourth-order valence-corrected chi connectivity index (χ4v) is 14.5. The summed E-state index contributed by atoms with van der Waals surface area (Å²) in [6, 6.07) is 89.9. The van der Waals surface area contributed by atoms with Crippen LogP contribution in [0.3, 0.4) is 0 Å². The van der Waals surface area contributed by atoms with Crippen molar-refractivity contribution in [1.29, 1.82) is 0 Å². The van der Waals surface area contributed by atoms with Crippen LogP contribution in [0.25, 0.3) is 175 Å². The molecule has 78 heavy (non-hydrogen) atoms. The lowest BCUT2D eigenvalue weighted by Crippen LogP contribution is -1.93. The molecule has 0 spiro atoms. The first-order valence-corrected chi connectivity index (χ1v) is 27.0. The lowest BCUT2D eigenvalue weighted by molar-refractivity contribution is 1.18. The van der Waals surface area contributed by atoms with Gasteiger partial charge >= 0.3 is 0 Å². The first-order valence-electron chi connectivity index (χ1n) is 27.0. The Bertz CT molecular complexity index is 5790. The molecule has 0 aliphatic carbocycles. The number of rotatable bonds is 4. The Morgan fingerprint density at radius 2 is 0.782 bits per heavy atom. The first-order chi connectivity index (χ1) is 38.7. The summed E-state index contributed by atoms with van der Waals surface area (Å²) in [6.45, 7) is 0. The molecular weight excluding hydrogens is 947 g/mol. The van der Waals surface area contributed by atoms with E-state index < -0.39 is 0 Å². The minimum absolute atomic E-state index is 0.978. The Morgan fingerprint density at radius 3 is 1.47 bits per heavy atom. The molecular formula is C73H41N5. The molecule has 0 saturated heterocycles. The van der Waals surface area contributed by atoms with Crippen molar-refractivity contribution in [1.82, 2.24) is 22.9 Å². The molecule has 19 aromatic rings. The highest BCUT2D eigenvalue weighted by Gasteiger charge is 2.29. The van der Waals surface area contributed by atoms with Crippen LogP contribution in [0.2, 0.25) is 0 Å². The zero-order chi connectivity index (χ0) is 50.5. The Balaban J connectivity index is 0.935. The van der Waals surface area contributed by atoms with Gasteiger partial charge in [0.1, 0.15) is 5.65 Å². The van der Waals surface area contributed by atoms with E-state index in [1.165, 1.54) is 153 Å². The highest BCUT2D eigenvalue weighted by atomic mass is 15.0. The summed E-state index contributed by atoms with van der Waals surface area (Å²) in [7, 11) is 0. The largest absolute Gasteiger partial charge is 0.309 e. The van der Waals surface area contributed by atoms with E-state index in [0.717, 1.165) is 22.5 Å². The normalized spacial score (nSPS) is 12.6. The van der Waals surface area contributed by atoms with Crippen molar-refractivity contribution >= 4 is 141 Å². The molecule has 0 aliphatic heterocycles. The van der Waals surface area contributed by atoms with E-state index in [-0.39, 0.29) is 0 Å². The second-order valence-corrected chi connectivity index (χ2v) is 21.4. The molecule has 5 nitrogen and oxygen atoms in total. The van der Waals surface area contributed by atoms with Crippen LogP contribution in [0.4, 0.5) is 0 Å². The van der Waals surface area contributed by atoms with Gasteiger partial charge in [-0.15, -0.1) is 0 Å². The molecule has 0 aliphatic rings. The van der Waals surface area contributed by atoms with Gasteiger partial charge in [0, 0.05) is 87.1 Å². The lowest BCUT2D eigenvalue weighted by atomic mass is 9.93. The molecule has 0 unspecified atom stereocenters. The van der Waals surface area contributed by atoms with Crippen LogP contribution in [0, 0.1) is 0 Å². The number of benzene rings is 12. The first kappa shape index (κ1) is 40.8. The molecule has 0 fully saturated rings. The number of hydrogen-bond acceptors (Lipinski definition) is 1. The minimum atomic E-state index is 0.978. The van der Waals surface area contributed by atoms with Crippen molar-refractivity contribution in [3.05, 3.63) is 249 Å². The van der Waals surface area contributed by atoms with E-state index in [4.69, 9.17) is 4.98 Å². The van der Waals surface area contributed by atoms with Crippen LogP contribution in [0.1, 0.15) is 0 Å². The van der Waals surface area contributed by atoms with E-state index in [0.29, 0.717) is 0 Å². The smallest absolute Gasteiger partial charge is 0.146 e. The Labute approximate surface area is 444 Å². The van der Waals surface area contributed by atoms with Gasteiger partial charge < -0.3 is 13.5 Å². The maximum atomic E-state index is 5.74. The zero-order valence-corrected chi connectivity index (χ0v) is 41.9. The quantitative estimate of drug-likeness (QED) is 0.173. The fourth-order valence-electron chi connectivity index (χ4n) is 14.5. The third-order valence-corrected chi connectivity index (χ3v) is 17.6. The van der Waals surface area contributed by atoms with Gasteiger partial charge in [0.2, 0.25) is 0 Å². The SMILES string of the molecule is c1ccc(-n2c3ccccc3c3cc(-c4cccc5c6cccc7c8c9c%10c%11ccccc%11cc%11c%12cc%13ccccc%13c(-c%13ccc%14c(c%13)c%13ccccc%13n%14-c%13ccccc%13)c%12n(c9ncc8n(c45)c67)c%11%10)ccc32)cc1. The van der Waals surface area contributed by atoms with E-state index in [2.05, 4.69) is 267 Å². The number of para-hydroxylation sites is 6. The minimum Gasteiger partial charge on any atom is -0.309 e. The summed E-state index contributed by atoms with van der Waals surface area (Å²) in [5, 5.41) is 19.8. The Morgan fingerprint density at radius 1 is 0.269 bits per heavy atom. The average molecular weight is 988 g/mol. The van der Waals surface area contributed by atoms with E-state index in [1.54, 1.807) is 0 Å². The van der Waals surface area contributed by atoms with Crippen molar-refractivity contribution < 1.29 is 0 Å². The predicted octanol–water partition coefficient (Wildman–Crippen LogP) is 19.2. The molecule has 0 bridgehead atoms. The second kappa shape index (κ2) is 14.7. The second-order valence-electron chi connectivity index (χ2n) is 21.4. The Hall–Kier alpha value is -10.5. The van der Waals surface area contributed by atoms with Crippen molar-refractivity contribution in [3.8, 4) is 33.6 Å². The van der Waals surface area contributed by atoms with Crippen molar-refractivity contribution in [3.63, 3.8) is 0 Å². The summed E-state index contributed by atoms with van der Waals surface area (Å²) in [5.41, 5.74) is 18.8. The molecule has 0 amide bonds. The number of hydrogen-bond donors (Lipinski definition) is 0. The molecule has 358 valence electrons. The summed E-state index contributed by atoms with van der Waals surface area (Å²) in [5.74, 6) is 0. The molecule has 0 saturated carbocycles. The zero-order valence-electron chi connectivity index (χ0n) is 41.9. The predicted molar refractivity (Wildman–Crippen MR) is 328 cm³/mol. The van der Waals surface area contributed by atoms with Crippen LogP contribution in [-0.4, -0.2) is 22.9 Å². The van der Waals surface area contributed by atoms with Gasteiger partial charge in [-0.2, -0.15) is 0 Å². The maximum absolute atomic E-state index is 5.74. The van der Waals surface area contributed by atoms with Crippen molar-refractivity contribution in [2.24, 2.45) is 0 Å². The third kappa shape index (κ3) is 5.04. The van der Waals surface area contributed by atoms with Crippen LogP contribution >= 0.6 is 0 Å². The molecule has 5 heteroatoms. The van der Waals surface area contributed by atoms with Gasteiger partial charge in [-0.1, -0.05) is 170 Å². The molecule has 19 rings (SSSR count). The van der Waals surface area contributed by atoms with Crippen LogP contribution in [0.15, 0.2) is 249 Å². The van der Waals surface area contributed by atoms with Gasteiger partial charge in [-0.3, -0.25) is 4.40 Å². The van der Waals surface area contributed by atoms with E-state index in [1.807, 2.05) is 0 Å². The molecule has 12 aromatic carbocycles. The van der Waals surface area contributed by atoms with Crippen molar-refractivity contribution in [2.45, 2.75) is 0 Å². The van der Waals surface area contributed by atoms with E-state index in [9.17, 15) is 0 Å². The number of aromatic nitrogens is 5. The number of pyridine rings is 1. The highest BCUT2D eigenvalue weighted by Crippen LogP contribution is 2.52. The lowest BCUT2D eigenvalue weighted by Gasteiger charge is -2.12. The maximum Gasteiger partial charge on any atom is 0.146 e. The van der Waals surface area contributed by atoms with Crippen LogP contribution in [0.5, 0.6) is 0 Å². The topological polar surface area (TPSA) is 31.6 Å². The van der Waals surface area contributed by atoms with Gasteiger partial charge in [0.05, 0.1) is 55.8 Å². The van der Waals surface area contributed by atoms with Crippen molar-refractivity contribution in [2.75, 3.05) is 0 Å². The van der Waals surface area contributed by atoms with Gasteiger partial charge in [0.15, 0.2) is 0 Å². The molecule has 0 radical (unpaired) electrons. The average Bonchev–Trinajstić information content (AvgIpc) is 4.53. The summed E-state index contributed by atoms with van der Waals surface area (Å²) in [4.78, 5) is 5.74. The third-order valence-electron chi connectivity index (χ3n) is 17.6. The summed E-state index contributed by atoms with van der Waals surface area (Å²) >= 11 is 0. The molecule has 7 aromatic heterocycles. The van der Waals surface area contributed by atoms with Gasteiger partial charge in [-0.25, -0.2) is 4.98 Å². The number of fused-ring (bicyclic) bond motifs is 22. The van der Waals surface area contributed by atoms with E-state index >= 15 is 0 Å². The Kier molecular flexibility index (Phi) is 7.68. The van der Waals surface area contributed by atoms with Crippen LogP contribution in [-0.2, 0) is 0 Å². The van der Waals surface area contributed by atoms with Gasteiger partial charge in [-0.05, 0) is 105 Å². The monoisotopic (exact) mass is 987 g/mol.